The van der Waals surface area contributed by atoms with E-state index in [1.165, 1.54) is 0 Å². The molecule has 0 aliphatic carbocycles. The molecule has 3 aromatic rings. The van der Waals surface area contributed by atoms with Crippen LogP contribution in [0.5, 0.6) is 0 Å². The zero-order valence-corrected chi connectivity index (χ0v) is 13.2. The lowest BCUT2D eigenvalue weighted by Gasteiger charge is -2.27. The standard InChI is InChI=1S/C17H19N6/c1-2-23-15(13-7-6-8-18-11-13)21-14-16(19-12-20-17(14)23)22-9-4-3-5-10-22/h3,6-8,11-12H,2,4-5,9-10H2,1H3. The van der Waals surface area contributed by atoms with Crippen LogP contribution in [0.15, 0.2) is 30.9 Å². The highest BCUT2D eigenvalue weighted by Gasteiger charge is 2.21. The summed E-state index contributed by atoms with van der Waals surface area (Å²) in [7, 11) is 0. The van der Waals surface area contributed by atoms with Crippen molar-refractivity contribution >= 4 is 17.0 Å². The summed E-state index contributed by atoms with van der Waals surface area (Å²) in [5.74, 6) is 1.85. The van der Waals surface area contributed by atoms with Crippen LogP contribution >= 0.6 is 0 Å². The highest BCUT2D eigenvalue weighted by Crippen LogP contribution is 2.29. The predicted octanol–water partition coefficient (Wildman–Crippen LogP) is 2.71. The van der Waals surface area contributed by atoms with Gasteiger partial charge in [0.15, 0.2) is 17.0 Å². The van der Waals surface area contributed by atoms with Crippen molar-refractivity contribution in [2.45, 2.75) is 26.3 Å². The minimum atomic E-state index is 0.810. The lowest BCUT2D eigenvalue weighted by molar-refractivity contribution is 0.672. The van der Waals surface area contributed by atoms with Crippen molar-refractivity contribution in [1.82, 2.24) is 24.5 Å². The van der Waals surface area contributed by atoms with Crippen LogP contribution in [0.4, 0.5) is 5.82 Å². The second-order valence-corrected chi connectivity index (χ2v) is 5.64. The minimum absolute atomic E-state index is 0.810. The summed E-state index contributed by atoms with van der Waals surface area (Å²) in [5.41, 5.74) is 2.78. The number of fused-ring (bicyclic) bond motifs is 1. The third-order valence-electron chi connectivity index (χ3n) is 4.25. The van der Waals surface area contributed by atoms with E-state index in [1.54, 1.807) is 12.5 Å². The Morgan fingerprint density at radius 1 is 1.17 bits per heavy atom. The first-order valence-electron chi connectivity index (χ1n) is 8.06. The molecule has 0 atom stereocenters. The highest BCUT2D eigenvalue weighted by atomic mass is 15.2. The van der Waals surface area contributed by atoms with E-state index < -0.39 is 0 Å². The van der Waals surface area contributed by atoms with Gasteiger partial charge in [0.25, 0.3) is 0 Å². The molecule has 1 aliphatic heterocycles. The maximum atomic E-state index is 4.87. The van der Waals surface area contributed by atoms with E-state index in [9.17, 15) is 0 Å². The van der Waals surface area contributed by atoms with Crippen LogP contribution in [0.3, 0.4) is 0 Å². The number of hydrogen-bond acceptors (Lipinski definition) is 5. The first-order valence-corrected chi connectivity index (χ1v) is 8.06. The van der Waals surface area contributed by atoms with Crippen LogP contribution in [0.2, 0.25) is 0 Å². The van der Waals surface area contributed by atoms with Gasteiger partial charge in [-0.3, -0.25) is 4.98 Å². The Bertz CT molecular complexity index is 805. The molecule has 1 aliphatic rings. The SMILES string of the molecule is CCn1c(-c2cccnc2)nc2c(N3CC[CH]CC3)ncnc21. The number of aryl methyl sites for hydroxylation is 1. The Morgan fingerprint density at radius 2 is 2.04 bits per heavy atom. The van der Waals surface area contributed by atoms with Crippen LogP contribution in [0.25, 0.3) is 22.6 Å². The summed E-state index contributed by atoms with van der Waals surface area (Å²) < 4.78 is 2.13. The quantitative estimate of drug-likeness (QED) is 0.744. The Kier molecular flexibility index (Phi) is 3.65. The molecule has 4 heterocycles. The van der Waals surface area contributed by atoms with E-state index in [2.05, 4.69) is 37.8 Å². The summed E-state index contributed by atoms with van der Waals surface area (Å²) in [5, 5.41) is 0. The first-order chi connectivity index (χ1) is 11.4. The number of piperidine rings is 1. The Morgan fingerprint density at radius 3 is 2.78 bits per heavy atom. The van der Waals surface area contributed by atoms with Crippen LogP contribution in [-0.4, -0.2) is 37.6 Å². The fourth-order valence-corrected chi connectivity index (χ4v) is 3.13. The molecule has 1 saturated heterocycles. The van der Waals surface area contributed by atoms with Gasteiger partial charge in [0.1, 0.15) is 12.2 Å². The van der Waals surface area contributed by atoms with Crippen molar-refractivity contribution in [2.24, 2.45) is 0 Å². The van der Waals surface area contributed by atoms with E-state index in [4.69, 9.17) is 4.98 Å². The second kappa shape index (κ2) is 5.95. The van der Waals surface area contributed by atoms with Crippen molar-refractivity contribution in [3.05, 3.63) is 37.3 Å². The molecule has 1 fully saturated rings. The smallest absolute Gasteiger partial charge is 0.165 e. The number of hydrogen-bond donors (Lipinski definition) is 0. The second-order valence-electron chi connectivity index (χ2n) is 5.64. The Labute approximate surface area is 135 Å². The molecule has 3 aromatic heterocycles. The van der Waals surface area contributed by atoms with Crippen LogP contribution in [-0.2, 0) is 6.54 Å². The first kappa shape index (κ1) is 14.1. The van der Waals surface area contributed by atoms with Gasteiger partial charge in [-0.05, 0) is 38.3 Å². The van der Waals surface area contributed by atoms with E-state index in [1.807, 2.05) is 18.3 Å². The third-order valence-corrected chi connectivity index (χ3v) is 4.25. The maximum Gasteiger partial charge on any atom is 0.165 e. The highest BCUT2D eigenvalue weighted by molar-refractivity contribution is 5.86. The van der Waals surface area contributed by atoms with E-state index in [0.29, 0.717) is 0 Å². The average Bonchev–Trinajstić information content (AvgIpc) is 3.02. The van der Waals surface area contributed by atoms with Crippen molar-refractivity contribution in [3.8, 4) is 11.4 Å². The molecule has 0 bridgehead atoms. The summed E-state index contributed by atoms with van der Waals surface area (Å²) in [4.78, 5) is 20.4. The Hall–Kier alpha value is -2.50. The van der Waals surface area contributed by atoms with Gasteiger partial charge < -0.3 is 9.47 Å². The van der Waals surface area contributed by atoms with E-state index in [-0.39, 0.29) is 0 Å². The molecule has 4 rings (SSSR count). The van der Waals surface area contributed by atoms with Crippen molar-refractivity contribution in [2.75, 3.05) is 18.0 Å². The molecule has 0 aromatic carbocycles. The van der Waals surface area contributed by atoms with Gasteiger partial charge >= 0.3 is 0 Å². The van der Waals surface area contributed by atoms with Crippen LogP contribution in [0.1, 0.15) is 19.8 Å². The molecular formula is C17H19N6. The molecule has 0 unspecified atom stereocenters. The number of pyridine rings is 1. The molecule has 6 heteroatoms. The Balaban J connectivity index is 1.89. The monoisotopic (exact) mass is 307 g/mol. The summed E-state index contributed by atoms with van der Waals surface area (Å²) in [6.07, 6.45) is 9.79. The van der Waals surface area contributed by atoms with E-state index >= 15 is 0 Å². The normalized spacial score (nSPS) is 15.3. The molecule has 0 spiro atoms. The topological polar surface area (TPSA) is 59.7 Å². The van der Waals surface area contributed by atoms with Gasteiger partial charge in [-0.25, -0.2) is 15.0 Å². The van der Waals surface area contributed by atoms with E-state index in [0.717, 1.165) is 60.8 Å². The molecule has 23 heavy (non-hydrogen) atoms. The van der Waals surface area contributed by atoms with Gasteiger partial charge in [0, 0.05) is 37.6 Å². The minimum Gasteiger partial charge on any atom is -0.355 e. The largest absolute Gasteiger partial charge is 0.355 e. The van der Waals surface area contributed by atoms with Gasteiger partial charge in [-0.2, -0.15) is 0 Å². The number of rotatable bonds is 3. The lowest BCUT2D eigenvalue weighted by atomic mass is 10.1. The lowest BCUT2D eigenvalue weighted by Crippen LogP contribution is -2.30. The van der Waals surface area contributed by atoms with Gasteiger partial charge in [-0.15, -0.1) is 0 Å². The summed E-state index contributed by atoms with van der Waals surface area (Å²) in [6, 6.07) is 3.96. The van der Waals surface area contributed by atoms with Crippen molar-refractivity contribution in [1.29, 1.82) is 0 Å². The molecular weight excluding hydrogens is 288 g/mol. The third kappa shape index (κ3) is 2.44. The number of anilines is 1. The molecule has 117 valence electrons. The summed E-state index contributed by atoms with van der Waals surface area (Å²) in [6.45, 7) is 4.91. The fraction of sp³-hybridized carbons (Fsp3) is 0.353. The number of imidazole rings is 1. The number of nitrogens with zero attached hydrogens (tertiary/aromatic N) is 6. The number of aromatic nitrogens is 5. The molecule has 0 amide bonds. The van der Waals surface area contributed by atoms with Gasteiger partial charge in [-0.1, -0.05) is 0 Å². The maximum absolute atomic E-state index is 4.87. The van der Waals surface area contributed by atoms with Crippen molar-refractivity contribution in [3.63, 3.8) is 0 Å². The predicted molar refractivity (Wildman–Crippen MR) is 90.0 cm³/mol. The van der Waals surface area contributed by atoms with Crippen LogP contribution in [0, 0.1) is 6.42 Å². The summed E-state index contributed by atoms with van der Waals surface area (Å²) >= 11 is 0. The van der Waals surface area contributed by atoms with Crippen molar-refractivity contribution < 1.29 is 0 Å². The zero-order valence-electron chi connectivity index (χ0n) is 13.2. The molecule has 6 nitrogen and oxygen atoms in total. The molecule has 0 N–H and O–H groups in total. The zero-order chi connectivity index (χ0) is 15.6. The van der Waals surface area contributed by atoms with Gasteiger partial charge in [0.2, 0.25) is 0 Å². The molecule has 1 radical (unpaired) electrons. The van der Waals surface area contributed by atoms with Crippen LogP contribution < -0.4 is 4.90 Å². The fourth-order valence-electron chi connectivity index (χ4n) is 3.13. The molecule has 0 saturated carbocycles. The average molecular weight is 307 g/mol. The van der Waals surface area contributed by atoms with Gasteiger partial charge in [0.05, 0.1) is 0 Å².